The molecule has 1 unspecified atom stereocenters. The first-order chi connectivity index (χ1) is 7.20. The molecule has 0 aliphatic carbocycles. The molecule has 1 rings (SSSR count). The molecule has 0 aromatic rings. The Balaban J connectivity index is 2.42. The maximum atomic E-state index is 9.21. The lowest BCUT2D eigenvalue weighted by Gasteiger charge is -2.46. The van der Waals surface area contributed by atoms with Crippen LogP contribution in [0, 0.1) is 5.92 Å². The van der Waals surface area contributed by atoms with Crippen molar-refractivity contribution in [2.24, 2.45) is 5.92 Å². The summed E-state index contributed by atoms with van der Waals surface area (Å²) >= 11 is 0. The molecule has 0 bridgehead atoms. The van der Waals surface area contributed by atoms with Crippen molar-refractivity contribution in [2.45, 2.75) is 64.6 Å². The third kappa shape index (κ3) is 4.81. The monoisotopic (exact) mass is 228 g/mol. The first-order valence-electron chi connectivity index (χ1n) is 6.38. The molecule has 3 N–H and O–H groups in total. The predicted molar refractivity (Wildman–Crippen MR) is 68.6 cm³/mol. The second-order valence-corrected chi connectivity index (χ2v) is 6.67. The normalized spacial score (nSPS) is 26.6. The van der Waals surface area contributed by atoms with Crippen molar-refractivity contribution >= 4 is 0 Å². The Morgan fingerprint density at radius 2 is 1.75 bits per heavy atom. The summed E-state index contributed by atoms with van der Waals surface area (Å²) in [4.78, 5) is 0. The van der Waals surface area contributed by atoms with Crippen LogP contribution in [-0.2, 0) is 0 Å². The Morgan fingerprint density at radius 1 is 1.25 bits per heavy atom. The van der Waals surface area contributed by atoms with Crippen LogP contribution in [0.25, 0.3) is 0 Å². The van der Waals surface area contributed by atoms with E-state index in [9.17, 15) is 5.11 Å². The molecule has 1 heterocycles. The molecular formula is C13H28N2O. The lowest BCUT2D eigenvalue weighted by atomic mass is 9.76. The van der Waals surface area contributed by atoms with Crippen LogP contribution in [0.1, 0.15) is 47.5 Å². The summed E-state index contributed by atoms with van der Waals surface area (Å²) in [5.74, 6) is 0.699. The zero-order chi connectivity index (χ0) is 12.4. The fraction of sp³-hybridized carbons (Fsp3) is 1.00. The minimum atomic E-state index is -0.247. The molecule has 0 aromatic carbocycles. The second kappa shape index (κ2) is 5.03. The first kappa shape index (κ1) is 13.9. The van der Waals surface area contributed by atoms with E-state index in [2.05, 4.69) is 38.3 Å². The highest BCUT2D eigenvalue weighted by Gasteiger charge is 2.37. The standard InChI is InChI=1S/C13H28N2O/c1-10(16)8-14-9-11-6-12(2,3)15-13(4,5)7-11/h10-11,14-16H,6-9H2,1-5H3. The van der Waals surface area contributed by atoms with E-state index in [1.165, 1.54) is 12.8 Å². The quantitative estimate of drug-likeness (QED) is 0.683. The van der Waals surface area contributed by atoms with Crippen LogP contribution in [0.4, 0.5) is 0 Å². The topological polar surface area (TPSA) is 44.3 Å². The molecule has 96 valence electrons. The number of piperidine rings is 1. The molecule has 1 aliphatic heterocycles. The van der Waals surface area contributed by atoms with Crippen molar-refractivity contribution in [1.82, 2.24) is 10.6 Å². The molecule has 0 radical (unpaired) electrons. The van der Waals surface area contributed by atoms with Crippen LogP contribution < -0.4 is 10.6 Å². The highest BCUT2D eigenvalue weighted by molar-refractivity contribution is 4.97. The summed E-state index contributed by atoms with van der Waals surface area (Å²) in [5, 5.41) is 16.2. The van der Waals surface area contributed by atoms with E-state index in [-0.39, 0.29) is 17.2 Å². The van der Waals surface area contributed by atoms with Gasteiger partial charge in [-0.15, -0.1) is 0 Å². The Kier molecular flexibility index (Phi) is 4.38. The van der Waals surface area contributed by atoms with Crippen molar-refractivity contribution in [2.75, 3.05) is 13.1 Å². The van der Waals surface area contributed by atoms with Crippen LogP contribution in [0.15, 0.2) is 0 Å². The SMILES string of the molecule is CC(O)CNCC1CC(C)(C)NC(C)(C)C1. The van der Waals surface area contributed by atoms with Crippen LogP contribution in [0.5, 0.6) is 0 Å². The number of hydrogen-bond donors (Lipinski definition) is 3. The zero-order valence-corrected chi connectivity index (χ0v) is 11.4. The summed E-state index contributed by atoms with van der Waals surface area (Å²) in [7, 11) is 0. The molecule has 0 aromatic heterocycles. The van der Waals surface area contributed by atoms with Gasteiger partial charge in [-0.25, -0.2) is 0 Å². The second-order valence-electron chi connectivity index (χ2n) is 6.67. The van der Waals surface area contributed by atoms with Gasteiger partial charge >= 0.3 is 0 Å². The van der Waals surface area contributed by atoms with E-state index in [0.717, 1.165) is 6.54 Å². The molecule has 0 spiro atoms. The Labute approximate surface area is 100 Å². The molecule has 1 saturated heterocycles. The van der Waals surface area contributed by atoms with Crippen LogP contribution in [0.3, 0.4) is 0 Å². The summed E-state index contributed by atoms with van der Waals surface area (Å²) in [6, 6.07) is 0. The third-order valence-corrected chi connectivity index (χ3v) is 3.15. The van der Waals surface area contributed by atoms with Crippen LogP contribution in [-0.4, -0.2) is 35.4 Å². The average molecular weight is 228 g/mol. The average Bonchev–Trinajstić information content (AvgIpc) is 1.96. The van der Waals surface area contributed by atoms with Crippen LogP contribution in [0.2, 0.25) is 0 Å². The Bertz CT molecular complexity index is 208. The maximum absolute atomic E-state index is 9.21. The largest absolute Gasteiger partial charge is 0.392 e. The molecule has 0 saturated carbocycles. The molecule has 16 heavy (non-hydrogen) atoms. The Hall–Kier alpha value is -0.120. The van der Waals surface area contributed by atoms with Crippen molar-refractivity contribution in [3.63, 3.8) is 0 Å². The van der Waals surface area contributed by atoms with Gasteiger partial charge in [0.1, 0.15) is 0 Å². The van der Waals surface area contributed by atoms with Crippen molar-refractivity contribution in [1.29, 1.82) is 0 Å². The number of aliphatic hydroxyl groups is 1. The number of hydrogen-bond acceptors (Lipinski definition) is 3. The minimum Gasteiger partial charge on any atom is -0.392 e. The summed E-state index contributed by atoms with van der Waals surface area (Å²) in [6.45, 7) is 12.6. The van der Waals surface area contributed by atoms with Gasteiger partial charge in [0.2, 0.25) is 0 Å². The van der Waals surface area contributed by atoms with Gasteiger partial charge < -0.3 is 15.7 Å². The molecule has 1 fully saturated rings. The van der Waals surface area contributed by atoms with Gasteiger partial charge in [0.15, 0.2) is 0 Å². The number of rotatable bonds is 4. The van der Waals surface area contributed by atoms with Gasteiger partial charge in [0, 0.05) is 17.6 Å². The van der Waals surface area contributed by atoms with E-state index in [1.54, 1.807) is 0 Å². The van der Waals surface area contributed by atoms with Crippen molar-refractivity contribution < 1.29 is 5.11 Å². The highest BCUT2D eigenvalue weighted by Crippen LogP contribution is 2.32. The first-order valence-corrected chi connectivity index (χ1v) is 6.38. The van der Waals surface area contributed by atoms with Gasteiger partial charge in [0.25, 0.3) is 0 Å². The van der Waals surface area contributed by atoms with E-state index in [4.69, 9.17) is 0 Å². The fourth-order valence-corrected chi connectivity index (χ4v) is 3.17. The van der Waals surface area contributed by atoms with Gasteiger partial charge in [-0.05, 0) is 59.9 Å². The fourth-order valence-electron chi connectivity index (χ4n) is 3.17. The zero-order valence-electron chi connectivity index (χ0n) is 11.4. The molecule has 1 atom stereocenters. The summed E-state index contributed by atoms with van der Waals surface area (Å²) in [6.07, 6.45) is 2.15. The maximum Gasteiger partial charge on any atom is 0.0636 e. The number of aliphatic hydroxyl groups excluding tert-OH is 1. The van der Waals surface area contributed by atoms with Gasteiger partial charge in [-0.1, -0.05) is 0 Å². The highest BCUT2D eigenvalue weighted by atomic mass is 16.3. The lowest BCUT2D eigenvalue weighted by molar-refractivity contribution is 0.123. The van der Waals surface area contributed by atoms with Gasteiger partial charge in [0.05, 0.1) is 6.10 Å². The van der Waals surface area contributed by atoms with Crippen molar-refractivity contribution in [3.8, 4) is 0 Å². The minimum absolute atomic E-state index is 0.221. The van der Waals surface area contributed by atoms with Gasteiger partial charge in [-0.2, -0.15) is 0 Å². The van der Waals surface area contributed by atoms with Gasteiger partial charge in [-0.3, -0.25) is 0 Å². The Morgan fingerprint density at radius 3 is 2.19 bits per heavy atom. The summed E-state index contributed by atoms with van der Waals surface area (Å²) < 4.78 is 0. The summed E-state index contributed by atoms with van der Waals surface area (Å²) in [5.41, 5.74) is 0.442. The van der Waals surface area contributed by atoms with E-state index in [1.807, 2.05) is 6.92 Å². The van der Waals surface area contributed by atoms with Crippen molar-refractivity contribution in [3.05, 3.63) is 0 Å². The third-order valence-electron chi connectivity index (χ3n) is 3.15. The molecular weight excluding hydrogens is 200 g/mol. The lowest BCUT2D eigenvalue weighted by Crippen LogP contribution is -2.58. The van der Waals surface area contributed by atoms with E-state index < -0.39 is 0 Å². The molecule has 3 heteroatoms. The van der Waals surface area contributed by atoms with E-state index in [0.29, 0.717) is 12.5 Å². The molecule has 0 amide bonds. The van der Waals surface area contributed by atoms with Crippen LogP contribution >= 0.6 is 0 Å². The molecule has 1 aliphatic rings. The smallest absolute Gasteiger partial charge is 0.0636 e. The molecule has 3 nitrogen and oxygen atoms in total. The number of nitrogens with one attached hydrogen (secondary N) is 2. The van der Waals surface area contributed by atoms with E-state index >= 15 is 0 Å². The predicted octanol–water partition coefficient (Wildman–Crippen LogP) is 1.51.